The van der Waals surface area contributed by atoms with E-state index in [9.17, 15) is 0 Å². The van der Waals surface area contributed by atoms with Crippen molar-refractivity contribution in [3.8, 4) is 17.3 Å². The summed E-state index contributed by atoms with van der Waals surface area (Å²) in [5, 5.41) is 21.4. The lowest BCUT2D eigenvalue weighted by Gasteiger charge is -2.16. The van der Waals surface area contributed by atoms with E-state index >= 15 is 0 Å². The Kier molecular flexibility index (Phi) is 5.21. The number of H-pyrrole nitrogens is 1. The molecule has 11 nitrogen and oxygen atoms in total. The van der Waals surface area contributed by atoms with Crippen LogP contribution in [-0.2, 0) is 5.41 Å². The first-order valence-corrected chi connectivity index (χ1v) is 11.0. The SMILES string of the molecule is [C-]#[N+]c1c(C)nn(-c2ncccn2)c1N=Nc1c(C(C)(C)C)[nH]n2nc(-c3ccccc3C)nc12. The standard InChI is InChI=1S/C24H23N11/c1-14-10-7-8-11-16(14)20-28-21-18(19(24(3,4)5)32-35(21)33-20)29-30-22-17(25-6)15(2)31-34(22)23-26-12-9-13-27-23/h7-13,32H,1-5H3. The van der Waals surface area contributed by atoms with Crippen LogP contribution in [0.1, 0.15) is 37.7 Å². The van der Waals surface area contributed by atoms with Crippen molar-refractivity contribution in [1.29, 1.82) is 0 Å². The van der Waals surface area contributed by atoms with Crippen LogP contribution in [0.2, 0.25) is 0 Å². The smallest absolute Gasteiger partial charge is 0.255 e. The molecule has 0 saturated heterocycles. The van der Waals surface area contributed by atoms with E-state index in [0.29, 0.717) is 28.8 Å². The highest BCUT2D eigenvalue weighted by atomic mass is 15.5. The molecule has 0 spiro atoms. The van der Waals surface area contributed by atoms with Crippen molar-refractivity contribution >= 4 is 22.8 Å². The van der Waals surface area contributed by atoms with Gasteiger partial charge in [0.1, 0.15) is 0 Å². The fourth-order valence-electron chi connectivity index (χ4n) is 3.73. The van der Waals surface area contributed by atoms with Gasteiger partial charge in [-0.05, 0) is 25.5 Å². The van der Waals surface area contributed by atoms with Crippen LogP contribution in [0.4, 0.5) is 17.2 Å². The molecule has 5 aromatic rings. The Labute approximate surface area is 201 Å². The molecule has 0 saturated carbocycles. The Bertz CT molecular complexity index is 1610. The summed E-state index contributed by atoms with van der Waals surface area (Å²) >= 11 is 0. The maximum Gasteiger partial charge on any atom is 0.255 e. The number of rotatable bonds is 4. The average Bonchev–Trinajstić information content (AvgIpc) is 3.49. The summed E-state index contributed by atoms with van der Waals surface area (Å²) < 4.78 is 3.05. The van der Waals surface area contributed by atoms with Gasteiger partial charge in [-0.1, -0.05) is 45.0 Å². The quantitative estimate of drug-likeness (QED) is 0.274. The first kappa shape index (κ1) is 22.1. The highest BCUT2D eigenvalue weighted by Crippen LogP contribution is 2.38. The number of fused-ring (bicyclic) bond motifs is 1. The molecule has 0 amide bonds. The fraction of sp³-hybridized carbons (Fsp3) is 0.250. The summed E-state index contributed by atoms with van der Waals surface area (Å²) in [7, 11) is 0. The largest absolute Gasteiger partial charge is 0.277 e. The number of hydrogen-bond donors (Lipinski definition) is 1. The summed E-state index contributed by atoms with van der Waals surface area (Å²) in [5.74, 6) is 1.15. The molecule has 4 heterocycles. The van der Waals surface area contributed by atoms with E-state index < -0.39 is 0 Å². The molecule has 0 unspecified atom stereocenters. The Morgan fingerprint density at radius 2 is 1.74 bits per heavy atom. The van der Waals surface area contributed by atoms with E-state index in [1.54, 1.807) is 30.0 Å². The number of benzene rings is 1. The molecule has 0 aliphatic rings. The highest BCUT2D eigenvalue weighted by molar-refractivity contribution is 5.72. The lowest BCUT2D eigenvalue weighted by Crippen LogP contribution is -2.12. The monoisotopic (exact) mass is 465 g/mol. The van der Waals surface area contributed by atoms with Gasteiger partial charge in [0.2, 0.25) is 5.65 Å². The summed E-state index contributed by atoms with van der Waals surface area (Å²) in [6, 6.07) is 9.65. The average molecular weight is 466 g/mol. The highest BCUT2D eigenvalue weighted by Gasteiger charge is 2.27. The third kappa shape index (κ3) is 3.85. The van der Waals surface area contributed by atoms with Gasteiger partial charge >= 0.3 is 0 Å². The van der Waals surface area contributed by atoms with Crippen molar-refractivity contribution in [3.63, 3.8) is 0 Å². The number of nitrogens with one attached hydrogen (secondary N) is 1. The molecule has 0 aliphatic heterocycles. The Morgan fingerprint density at radius 1 is 1.00 bits per heavy atom. The number of azo groups is 1. The molecule has 0 fully saturated rings. The Balaban J connectivity index is 1.68. The van der Waals surface area contributed by atoms with E-state index in [-0.39, 0.29) is 16.9 Å². The molecule has 0 radical (unpaired) electrons. The van der Waals surface area contributed by atoms with Crippen molar-refractivity contribution in [2.75, 3.05) is 0 Å². The summed E-state index contributed by atoms with van der Waals surface area (Å²) in [4.78, 5) is 16.9. The van der Waals surface area contributed by atoms with E-state index in [1.165, 1.54) is 4.68 Å². The van der Waals surface area contributed by atoms with Gasteiger partial charge in [0.25, 0.3) is 11.6 Å². The first-order chi connectivity index (χ1) is 16.8. The van der Waals surface area contributed by atoms with Crippen molar-refractivity contribution < 1.29 is 0 Å². The second-order valence-corrected chi connectivity index (χ2v) is 9.10. The predicted octanol–water partition coefficient (Wildman–Crippen LogP) is 5.58. The van der Waals surface area contributed by atoms with Gasteiger partial charge in [-0.2, -0.15) is 14.4 Å². The summed E-state index contributed by atoms with van der Waals surface area (Å²) in [6.45, 7) is 17.6. The van der Waals surface area contributed by atoms with Gasteiger partial charge < -0.3 is 0 Å². The van der Waals surface area contributed by atoms with Crippen LogP contribution in [0.5, 0.6) is 0 Å². The van der Waals surface area contributed by atoms with Gasteiger partial charge in [-0.15, -0.1) is 15.3 Å². The fourth-order valence-corrected chi connectivity index (χ4v) is 3.73. The normalized spacial score (nSPS) is 12.0. The maximum atomic E-state index is 7.64. The van der Waals surface area contributed by atoms with E-state index in [2.05, 4.69) is 61.1 Å². The maximum absolute atomic E-state index is 7.64. The molecule has 4 aromatic heterocycles. The molecule has 0 aliphatic carbocycles. The number of hydrogen-bond acceptors (Lipinski definition) is 7. The summed E-state index contributed by atoms with van der Waals surface area (Å²) in [6.07, 6.45) is 3.21. The van der Waals surface area contributed by atoms with Gasteiger partial charge in [-0.25, -0.2) is 19.8 Å². The molecule has 1 aromatic carbocycles. The van der Waals surface area contributed by atoms with Gasteiger partial charge in [0.05, 0.1) is 18.0 Å². The minimum absolute atomic E-state index is 0.251. The van der Waals surface area contributed by atoms with Crippen molar-refractivity contribution in [1.82, 2.24) is 39.6 Å². The van der Waals surface area contributed by atoms with E-state index in [0.717, 1.165) is 16.8 Å². The molecule has 0 atom stereocenters. The minimum atomic E-state index is -0.291. The van der Waals surface area contributed by atoms with Crippen LogP contribution < -0.4 is 0 Å². The van der Waals surface area contributed by atoms with Crippen LogP contribution in [0.15, 0.2) is 53.0 Å². The van der Waals surface area contributed by atoms with Crippen LogP contribution in [0.3, 0.4) is 0 Å². The third-order valence-corrected chi connectivity index (χ3v) is 5.51. The zero-order valence-electron chi connectivity index (χ0n) is 20.0. The number of nitrogens with zero attached hydrogens (tertiary/aromatic N) is 10. The zero-order chi connectivity index (χ0) is 24.7. The lowest BCUT2D eigenvalue weighted by molar-refractivity contribution is 0.557. The van der Waals surface area contributed by atoms with Gasteiger partial charge in [0, 0.05) is 23.4 Å². The minimum Gasteiger partial charge on any atom is -0.277 e. The van der Waals surface area contributed by atoms with E-state index in [4.69, 9.17) is 11.6 Å². The van der Waals surface area contributed by atoms with Gasteiger partial charge in [-0.3, -0.25) is 5.10 Å². The second-order valence-electron chi connectivity index (χ2n) is 9.10. The van der Waals surface area contributed by atoms with Crippen LogP contribution >= 0.6 is 0 Å². The number of aryl methyl sites for hydroxylation is 2. The second kappa shape index (κ2) is 8.25. The molecular weight excluding hydrogens is 442 g/mol. The van der Waals surface area contributed by atoms with Crippen LogP contribution in [0, 0.1) is 20.4 Å². The number of aromatic nitrogens is 8. The van der Waals surface area contributed by atoms with E-state index in [1.807, 2.05) is 31.2 Å². The topological polar surface area (TPSA) is 119 Å². The van der Waals surface area contributed by atoms with Gasteiger partial charge in [0.15, 0.2) is 17.3 Å². The molecule has 11 heteroatoms. The predicted molar refractivity (Wildman–Crippen MR) is 131 cm³/mol. The van der Waals surface area contributed by atoms with Crippen molar-refractivity contribution in [3.05, 3.63) is 71.1 Å². The zero-order valence-corrected chi connectivity index (χ0v) is 20.0. The Morgan fingerprint density at radius 3 is 2.43 bits per heavy atom. The Hall–Kier alpha value is -4.72. The summed E-state index contributed by atoms with van der Waals surface area (Å²) in [5.41, 5.74) is 4.42. The first-order valence-electron chi connectivity index (χ1n) is 11.0. The molecule has 0 bridgehead atoms. The molecular formula is C24H23N11. The van der Waals surface area contributed by atoms with Crippen molar-refractivity contribution in [2.24, 2.45) is 10.2 Å². The van der Waals surface area contributed by atoms with Crippen LogP contribution in [-0.4, -0.2) is 39.6 Å². The molecule has 174 valence electrons. The van der Waals surface area contributed by atoms with Crippen molar-refractivity contribution in [2.45, 2.75) is 40.0 Å². The third-order valence-electron chi connectivity index (χ3n) is 5.51. The molecule has 35 heavy (non-hydrogen) atoms. The molecule has 1 N–H and O–H groups in total. The molecule has 5 rings (SSSR count). The number of aromatic amines is 1. The lowest BCUT2D eigenvalue weighted by atomic mass is 9.91. The van der Waals surface area contributed by atoms with Crippen LogP contribution in [0.25, 0.3) is 27.8 Å².